The Morgan fingerprint density at radius 3 is 2.39 bits per heavy atom. The molecule has 4 aromatic rings. The van der Waals surface area contributed by atoms with Gasteiger partial charge in [-0.1, -0.05) is 12.1 Å². The number of amides is 1. The first-order chi connectivity index (χ1) is 15.1. The molecule has 7 heteroatoms. The number of para-hydroxylation sites is 1. The molecule has 0 atom stereocenters. The SMILES string of the molecule is CCN(CC)c1ccc(-n2nc3ccc(NC(=O)c4ccccc4OC)cc3n2)cc1. The molecule has 0 radical (unpaired) electrons. The third-order valence-electron chi connectivity index (χ3n) is 5.20. The summed E-state index contributed by atoms with van der Waals surface area (Å²) in [6, 6.07) is 20.8. The van der Waals surface area contributed by atoms with E-state index in [-0.39, 0.29) is 5.91 Å². The predicted molar refractivity (Wildman–Crippen MR) is 123 cm³/mol. The number of hydrogen-bond acceptors (Lipinski definition) is 5. The predicted octanol–water partition coefficient (Wildman–Crippen LogP) is 4.53. The van der Waals surface area contributed by atoms with Crippen molar-refractivity contribution in [3.8, 4) is 11.4 Å². The molecule has 0 bridgehead atoms. The van der Waals surface area contributed by atoms with Crippen molar-refractivity contribution >= 4 is 28.3 Å². The van der Waals surface area contributed by atoms with Gasteiger partial charge in [-0.15, -0.1) is 10.2 Å². The summed E-state index contributed by atoms with van der Waals surface area (Å²) in [5, 5.41) is 12.1. The molecule has 0 saturated carbocycles. The van der Waals surface area contributed by atoms with E-state index in [0.717, 1.165) is 24.3 Å². The van der Waals surface area contributed by atoms with E-state index in [1.165, 1.54) is 5.69 Å². The van der Waals surface area contributed by atoms with Crippen LogP contribution in [-0.2, 0) is 0 Å². The fraction of sp³-hybridized carbons (Fsp3) is 0.208. The van der Waals surface area contributed by atoms with E-state index in [2.05, 4.69) is 46.4 Å². The number of nitrogens with one attached hydrogen (secondary N) is 1. The average Bonchev–Trinajstić information content (AvgIpc) is 3.23. The summed E-state index contributed by atoms with van der Waals surface area (Å²) in [5.41, 5.74) is 4.63. The summed E-state index contributed by atoms with van der Waals surface area (Å²) < 4.78 is 5.27. The van der Waals surface area contributed by atoms with Gasteiger partial charge in [-0.05, 0) is 68.4 Å². The Hall–Kier alpha value is -3.87. The minimum Gasteiger partial charge on any atom is -0.496 e. The fourth-order valence-corrected chi connectivity index (χ4v) is 3.52. The minimum atomic E-state index is -0.240. The first kappa shape index (κ1) is 20.4. The van der Waals surface area contributed by atoms with Crippen LogP contribution in [0.15, 0.2) is 66.7 Å². The number of ether oxygens (including phenoxy) is 1. The number of fused-ring (bicyclic) bond motifs is 1. The normalized spacial score (nSPS) is 10.8. The lowest BCUT2D eigenvalue weighted by Gasteiger charge is -2.20. The molecule has 0 aliphatic heterocycles. The first-order valence-electron chi connectivity index (χ1n) is 10.3. The standard InChI is InChI=1S/C24H25N5O2/c1-4-28(5-2)18-11-13-19(14-12-18)29-26-21-15-10-17(16-22(21)27-29)25-24(30)20-8-6-7-9-23(20)31-3/h6-16H,4-5H2,1-3H3,(H,25,30). The maximum absolute atomic E-state index is 12.7. The lowest BCUT2D eigenvalue weighted by molar-refractivity contribution is 0.102. The second-order valence-electron chi connectivity index (χ2n) is 7.04. The Bertz CT molecular complexity index is 1200. The molecule has 0 unspecified atom stereocenters. The van der Waals surface area contributed by atoms with E-state index in [4.69, 9.17) is 4.74 Å². The summed E-state index contributed by atoms with van der Waals surface area (Å²) in [4.78, 5) is 16.6. The zero-order valence-electron chi connectivity index (χ0n) is 17.9. The van der Waals surface area contributed by atoms with Crippen molar-refractivity contribution in [3.63, 3.8) is 0 Å². The number of anilines is 2. The number of carbonyl (C=O) groups is 1. The van der Waals surface area contributed by atoms with Crippen molar-refractivity contribution in [1.29, 1.82) is 0 Å². The fourth-order valence-electron chi connectivity index (χ4n) is 3.52. The molecule has 1 amide bonds. The lowest BCUT2D eigenvalue weighted by Crippen LogP contribution is -2.21. The molecule has 158 valence electrons. The van der Waals surface area contributed by atoms with E-state index in [0.29, 0.717) is 22.5 Å². The van der Waals surface area contributed by atoms with E-state index in [9.17, 15) is 4.79 Å². The van der Waals surface area contributed by atoms with Crippen LogP contribution in [0.2, 0.25) is 0 Å². The Labute approximate surface area is 181 Å². The van der Waals surface area contributed by atoms with Gasteiger partial charge in [0.05, 0.1) is 18.4 Å². The summed E-state index contributed by atoms with van der Waals surface area (Å²) in [7, 11) is 1.55. The second-order valence-corrected chi connectivity index (χ2v) is 7.04. The van der Waals surface area contributed by atoms with Crippen LogP contribution in [0.4, 0.5) is 11.4 Å². The Morgan fingerprint density at radius 1 is 0.968 bits per heavy atom. The van der Waals surface area contributed by atoms with Crippen LogP contribution in [0, 0.1) is 0 Å². The molecule has 7 nitrogen and oxygen atoms in total. The quantitative estimate of drug-likeness (QED) is 0.480. The highest BCUT2D eigenvalue weighted by Gasteiger charge is 2.13. The van der Waals surface area contributed by atoms with Crippen LogP contribution in [0.25, 0.3) is 16.7 Å². The molecule has 1 heterocycles. The Balaban J connectivity index is 1.56. The van der Waals surface area contributed by atoms with Gasteiger partial charge in [-0.3, -0.25) is 4.79 Å². The number of methoxy groups -OCH3 is 1. The van der Waals surface area contributed by atoms with Crippen molar-refractivity contribution in [3.05, 3.63) is 72.3 Å². The molecule has 0 aliphatic rings. The highest BCUT2D eigenvalue weighted by molar-refractivity contribution is 6.06. The number of hydrogen-bond donors (Lipinski definition) is 1. The molecular weight excluding hydrogens is 390 g/mol. The zero-order valence-corrected chi connectivity index (χ0v) is 17.9. The molecule has 0 fully saturated rings. The maximum Gasteiger partial charge on any atom is 0.259 e. The van der Waals surface area contributed by atoms with Gasteiger partial charge in [0.25, 0.3) is 5.91 Å². The molecule has 3 aromatic carbocycles. The van der Waals surface area contributed by atoms with Crippen molar-refractivity contribution in [2.75, 3.05) is 30.4 Å². The van der Waals surface area contributed by atoms with Crippen LogP contribution in [0.3, 0.4) is 0 Å². The smallest absolute Gasteiger partial charge is 0.259 e. The van der Waals surface area contributed by atoms with Gasteiger partial charge in [0, 0.05) is 24.5 Å². The van der Waals surface area contributed by atoms with Crippen LogP contribution in [0.5, 0.6) is 5.75 Å². The van der Waals surface area contributed by atoms with Gasteiger partial charge in [0.15, 0.2) is 0 Å². The molecule has 4 rings (SSSR count). The van der Waals surface area contributed by atoms with Gasteiger partial charge >= 0.3 is 0 Å². The van der Waals surface area contributed by atoms with E-state index < -0.39 is 0 Å². The third-order valence-corrected chi connectivity index (χ3v) is 5.20. The van der Waals surface area contributed by atoms with Gasteiger partial charge in [-0.25, -0.2) is 0 Å². The molecule has 0 saturated heterocycles. The highest BCUT2D eigenvalue weighted by atomic mass is 16.5. The van der Waals surface area contributed by atoms with Crippen molar-refractivity contribution < 1.29 is 9.53 Å². The van der Waals surface area contributed by atoms with E-state index in [1.807, 2.05) is 36.4 Å². The van der Waals surface area contributed by atoms with Crippen molar-refractivity contribution in [2.45, 2.75) is 13.8 Å². The van der Waals surface area contributed by atoms with Crippen LogP contribution in [0.1, 0.15) is 24.2 Å². The molecule has 0 aliphatic carbocycles. The summed E-state index contributed by atoms with van der Waals surface area (Å²) in [6.07, 6.45) is 0. The maximum atomic E-state index is 12.7. The number of nitrogens with zero attached hydrogens (tertiary/aromatic N) is 4. The first-order valence-corrected chi connectivity index (χ1v) is 10.3. The molecule has 1 N–H and O–H groups in total. The van der Waals surface area contributed by atoms with Gasteiger partial charge in [0.1, 0.15) is 16.8 Å². The Kier molecular flexibility index (Phi) is 5.84. The summed E-state index contributed by atoms with van der Waals surface area (Å²) >= 11 is 0. The second kappa shape index (κ2) is 8.87. The number of carbonyl (C=O) groups excluding carboxylic acids is 1. The Morgan fingerprint density at radius 2 is 1.68 bits per heavy atom. The molecule has 31 heavy (non-hydrogen) atoms. The number of benzene rings is 3. The molecular formula is C24H25N5O2. The van der Waals surface area contributed by atoms with E-state index >= 15 is 0 Å². The van der Waals surface area contributed by atoms with Crippen molar-refractivity contribution in [2.24, 2.45) is 0 Å². The zero-order chi connectivity index (χ0) is 21.8. The largest absolute Gasteiger partial charge is 0.496 e. The number of aromatic nitrogens is 3. The summed E-state index contributed by atoms with van der Waals surface area (Å²) in [5.74, 6) is 0.288. The van der Waals surface area contributed by atoms with Crippen LogP contribution in [-0.4, -0.2) is 41.1 Å². The van der Waals surface area contributed by atoms with E-state index in [1.54, 1.807) is 30.1 Å². The lowest BCUT2D eigenvalue weighted by atomic mass is 10.2. The van der Waals surface area contributed by atoms with Crippen molar-refractivity contribution in [1.82, 2.24) is 15.0 Å². The third kappa shape index (κ3) is 4.21. The topological polar surface area (TPSA) is 72.3 Å². The van der Waals surface area contributed by atoms with Crippen LogP contribution >= 0.6 is 0 Å². The number of rotatable bonds is 7. The molecule has 1 aromatic heterocycles. The average molecular weight is 415 g/mol. The molecule has 0 spiro atoms. The summed E-state index contributed by atoms with van der Waals surface area (Å²) in [6.45, 7) is 6.21. The van der Waals surface area contributed by atoms with Gasteiger partial charge < -0.3 is 15.0 Å². The monoisotopic (exact) mass is 415 g/mol. The van der Waals surface area contributed by atoms with Gasteiger partial charge in [-0.2, -0.15) is 4.80 Å². The van der Waals surface area contributed by atoms with Crippen LogP contribution < -0.4 is 15.0 Å². The van der Waals surface area contributed by atoms with Gasteiger partial charge in [0.2, 0.25) is 0 Å². The highest BCUT2D eigenvalue weighted by Crippen LogP contribution is 2.22. The minimum absolute atomic E-state index is 0.240.